The molecule has 3 fully saturated rings. The largest absolute Gasteiger partial charge is 0.322 e. The third kappa shape index (κ3) is 4.53. The van der Waals surface area contributed by atoms with E-state index < -0.39 is 6.04 Å². The van der Waals surface area contributed by atoms with Crippen molar-refractivity contribution in [2.75, 3.05) is 26.2 Å². The quantitative estimate of drug-likeness (QED) is 0.490. The molecule has 3 saturated heterocycles. The van der Waals surface area contributed by atoms with E-state index in [1.54, 1.807) is 4.90 Å². The molecule has 4 aliphatic heterocycles. The number of benzene rings is 3. The van der Waals surface area contributed by atoms with Crippen molar-refractivity contribution in [2.24, 2.45) is 11.8 Å². The van der Waals surface area contributed by atoms with Gasteiger partial charge in [-0.2, -0.15) is 0 Å². The molecule has 4 aliphatic rings. The molecule has 3 aromatic carbocycles. The molecule has 3 atom stereocenters. The van der Waals surface area contributed by atoms with Crippen LogP contribution in [0.3, 0.4) is 0 Å². The Morgan fingerprint density at radius 1 is 0.775 bits per heavy atom. The molecule has 4 heterocycles. The molecule has 1 N–H and O–H groups in total. The fraction of sp³-hybridized carbons (Fsp3) is 0.364. The van der Waals surface area contributed by atoms with Crippen LogP contribution < -0.4 is 5.32 Å². The first-order valence-electron chi connectivity index (χ1n) is 14.4. The molecule has 0 aromatic heterocycles. The lowest BCUT2D eigenvalue weighted by Crippen LogP contribution is -2.52. The molecular formula is C33H34N4O3. The van der Waals surface area contributed by atoms with Crippen molar-refractivity contribution in [3.8, 4) is 0 Å². The Bertz CT molecular complexity index is 1390. The van der Waals surface area contributed by atoms with Crippen molar-refractivity contribution >= 4 is 17.7 Å². The molecule has 3 aromatic rings. The minimum atomic E-state index is -0.579. The normalized spacial score (nSPS) is 25.0. The van der Waals surface area contributed by atoms with Crippen LogP contribution in [0.5, 0.6) is 0 Å². The topological polar surface area (TPSA) is 73.0 Å². The Balaban J connectivity index is 1.04. The van der Waals surface area contributed by atoms with E-state index in [-0.39, 0.29) is 30.2 Å². The van der Waals surface area contributed by atoms with Gasteiger partial charge in [0.05, 0.1) is 6.04 Å². The number of imide groups is 1. The number of rotatable bonds is 6. The minimum Gasteiger partial charge on any atom is -0.322 e. The van der Waals surface area contributed by atoms with Crippen molar-refractivity contribution in [3.63, 3.8) is 0 Å². The van der Waals surface area contributed by atoms with Crippen LogP contribution in [0.15, 0.2) is 78.9 Å². The van der Waals surface area contributed by atoms with E-state index >= 15 is 0 Å². The standard InChI is InChI=1S/C33H34N4O3/c38-30-15-14-29(32(39)34-30)37-21-28-24(12-7-13-27(28)33(37)40)16-35-17-25-19-36(20-26(25)18-35)31(22-8-3-1-4-9-22)23-10-5-2-6-11-23/h1-13,25-26,29,31H,14-21H2,(H,34,38,39). The van der Waals surface area contributed by atoms with Crippen LogP contribution in [-0.4, -0.2) is 64.6 Å². The number of hydrogen-bond donors (Lipinski definition) is 1. The molecule has 0 saturated carbocycles. The van der Waals surface area contributed by atoms with Gasteiger partial charge >= 0.3 is 0 Å². The minimum absolute atomic E-state index is 0.104. The molecule has 0 radical (unpaired) electrons. The van der Waals surface area contributed by atoms with Crippen LogP contribution in [-0.2, 0) is 22.7 Å². The monoisotopic (exact) mass is 534 g/mol. The summed E-state index contributed by atoms with van der Waals surface area (Å²) in [6.45, 7) is 5.49. The summed E-state index contributed by atoms with van der Waals surface area (Å²) in [5, 5.41) is 2.40. The van der Waals surface area contributed by atoms with Crippen molar-refractivity contribution in [1.82, 2.24) is 20.0 Å². The van der Waals surface area contributed by atoms with Crippen LogP contribution >= 0.6 is 0 Å². The van der Waals surface area contributed by atoms with Gasteiger partial charge in [-0.25, -0.2) is 0 Å². The van der Waals surface area contributed by atoms with E-state index in [1.807, 2.05) is 12.1 Å². The number of nitrogens with one attached hydrogen (secondary N) is 1. The Kier molecular flexibility index (Phi) is 6.48. The lowest BCUT2D eigenvalue weighted by atomic mass is 9.97. The molecule has 3 unspecified atom stereocenters. The zero-order valence-electron chi connectivity index (χ0n) is 22.5. The van der Waals surface area contributed by atoms with Crippen molar-refractivity contribution in [2.45, 2.75) is 38.0 Å². The highest BCUT2D eigenvalue weighted by atomic mass is 16.2. The molecule has 204 valence electrons. The second kappa shape index (κ2) is 10.3. The predicted molar refractivity (Wildman–Crippen MR) is 151 cm³/mol. The zero-order chi connectivity index (χ0) is 27.2. The van der Waals surface area contributed by atoms with Crippen LogP contribution in [0.2, 0.25) is 0 Å². The Hall–Kier alpha value is -3.81. The SMILES string of the molecule is O=C1CCC(N2Cc3c(CN4CC5CN(C(c6ccccc6)c6ccccc6)CC5C4)cccc3C2=O)C(=O)N1. The van der Waals surface area contributed by atoms with Gasteiger partial charge in [-0.3, -0.25) is 29.5 Å². The van der Waals surface area contributed by atoms with Gasteiger partial charge in [0, 0.05) is 51.3 Å². The van der Waals surface area contributed by atoms with Gasteiger partial charge in [0.2, 0.25) is 11.8 Å². The lowest BCUT2D eigenvalue weighted by molar-refractivity contribution is -0.136. The van der Waals surface area contributed by atoms with E-state index in [0.29, 0.717) is 30.4 Å². The number of nitrogens with zero attached hydrogens (tertiary/aromatic N) is 3. The zero-order valence-corrected chi connectivity index (χ0v) is 22.5. The highest BCUT2D eigenvalue weighted by molar-refractivity contribution is 6.05. The van der Waals surface area contributed by atoms with Gasteiger partial charge < -0.3 is 4.90 Å². The van der Waals surface area contributed by atoms with E-state index in [1.165, 1.54) is 16.7 Å². The van der Waals surface area contributed by atoms with Gasteiger partial charge in [-0.15, -0.1) is 0 Å². The van der Waals surface area contributed by atoms with E-state index in [9.17, 15) is 14.4 Å². The second-order valence-corrected chi connectivity index (χ2v) is 11.7. The Morgan fingerprint density at radius 2 is 1.43 bits per heavy atom. The maximum Gasteiger partial charge on any atom is 0.255 e. The third-order valence-electron chi connectivity index (χ3n) is 9.26. The average molecular weight is 535 g/mol. The number of amides is 3. The van der Waals surface area contributed by atoms with Crippen LogP contribution in [0.4, 0.5) is 0 Å². The molecule has 0 spiro atoms. The summed E-state index contributed by atoms with van der Waals surface area (Å²) >= 11 is 0. The van der Waals surface area contributed by atoms with Crippen molar-refractivity contribution < 1.29 is 14.4 Å². The highest BCUT2D eigenvalue weighted by Gasteiger charge is 2.44. The molecule has 40 heavy (non-hydrogen) atoms. The average Bonchev–Trinajstić information content (AvgIpc) is 3.62. The number of hydrogen-bond acceptors (Lipinski definition) is 5. The summed E-state index contributed by atoms with van der Waals surface area (Å²) in [7, 11) is 0. The number of likely N-dealkylation sites (tertiary alicyclic amines) is 2. The Labute approximate surface area is 234 Å². The Morgan fingerprint density at radius 3 is 2.05 bits per heavy atom. The van der Waals surface area contributed by atoms with Gasteiger partial charge in [-0.1, -0.05) is 72.8 Å². The summed E-state index contributed by atoms with van der Waals surface area (Å²) in [6.07, 6.45) is 0.658. The fourth-order valence-corrected chi connectivity index (χ4v) is 7.39. The highest BCUT2D eigenvalue weighted by Crippen LogP contribution is 2.39. The van der Waals surface area contributed by atoms with E-state index in [2.05, 4.69) is 81.8 Å². The summed E-state index contributed by atoms with van der Waals surface area (Å²) < 4.78 is 0. The van der Waals surface area contributed by atoms with Gasteiger partial charge in [0.25, 0.3) is 5.91 Å². The smallest absolute Gasteiger partial charge is 0.255 e. The predicted octanol–water partition coefficient (Wildman–Crippen LogP) is 3.60. The van der Waals surface area contributed by atoms with Crippen molar-refractivity contribution in [3.05, 3.63) is 107 Å². The van der Waals surface area contributed by atoms with Gasteiger partial charge in [-0.05, 0) is 46.6 Å². The van der Waals surface area contributed by atoms with Crippen LogP contribution in [0.25, 0.3) is 0 Å². The van der Waals surface area contributed by atoms with E-state index in [4.69, 9.17) is 0 Å². The number of fused-ring (bicyclic) bond motifs is 2. The molecule has 7 nitrogen and oxygen atoms in total. The van der Waals surface area contributed by atoms with E-state index in [0.717, 1.165) is 38.3 Å². The third-order valence-corrected chi connectivity index (χ3v) is 9.26. The molecular weight excluding hydrogens is 500 g/mol. The maximum atomic E-state index is 13.2. The van der Waals surface area contributed by atoms with Gasteiger partial charge in [0.1, 0.15) is 6.04 Å². The summed E-state index contributed by atoms with van der Waals surface area (Å²) in [5.74, 6) is 0.512. The lowest BCUT2D eigenvalue weighted by Gasteiger charge is -2.30. The van der Waals surface area contributed by atoms with Crippen LogP contribution in [0, 0.1) is 11.8 Å². The molecule has 7 rings (SSSR count). The first-order valence-corrected chi connectivity index (χ1v) is 14.4. The number of carbonyl (C=O) groups is 3. The first kappa shape index (κ1) is 25.2. The molecule has 0 bridgehead atoms. The second-order valence-electron chi connectivity index (χ2n) is 11.7. The molecule has 0 aliphatic carbocycles. The number of carbonyl (C=O) groups excluding carboxylic acids is 3. The summed E-state index contributed by atoms with van der Waals surface area (Å²) in [5.41, 5.74) is 5.58. The fourth-order valence-electron chi connectivity index (χ4n) is 7.39. The maximum absolute atomic E-state index is 13.2. The first-order chi connectivity index (χ1) is 19.5. The van der Waals surface area contributed by atoms with Gasteiger partial charge in [0.15, 0.2) is 0 Å². The number of piperidine rings is 1. The molecule has 3 amide bonds. The summed E-state index contributed by atoms with van der Waals surface area (Å²) in [6, 6.07) is 27.3. The van der Waals surface area contributed by atoms with Crippen LogP contribution in [0.1, 0.15) is 51.5 Å². The molecule has 7 heteroatoms. The summed E-state index contributed by atoms with van der Waals surface area (Å²) in [4.78, 5) is 44.2. The van der Waals surface area contributed by atoms with Crippen molar-refractivity contribution in [1.29, 1.82) is 0 Å².